The summed E-state index contributed by atoms with van der Waals surface area (Å²) in [4.78, 5) is 16.7. The number of piperazine rings is 1. The molecule has 1 aromatic heterocycles. The summed E-state index contributed by atoms with van der Waals surface area (Å²) in [5.74, 6) is -1.31. The highest BCUT2D eigenvalue weighted by molar-refractivity contribution is 5.95. The number of benzene rings is 2. The number of aromatic nitrogens is 4. The number of amides is 1. The predicted molar refractivity (Wildman–Crippen MR) is 101 cm³/mol. The maximum Gasteiger partial charge on any atom is 0.254 e. The van der Waals surface area contributed by atoms with Gasteiger partial charge in [-0.25, -0.2) is 8.78 Å². The predicted octanol–water partition coefficient (Wildman–Crippen LogP) is 2.21. The topological polar surface area (TPSA) is 67.2 Å². The molecule has 1 aliphatic heterocycles. The van der Waals surface area contributed by atoms with Crippen LogP contribution in [0.4, 0.5) is 8.78 Å². The molecule has 1 fully saturated rings. The van der Waals surface area contributed by atoms with E-state index in [9.17, 15) is 13.6 Å². The molecule has 150 valence electrons. The summed E-state index contributed by atoms with van der Waals surface area (Å²) < 4.78 is 28.1. The minimum atomic E-state index is -0.952. The summed E-state index contributed by atoms with van der Waals surface area (Å²) in [7, 11) is 0. The highest BCUT2D eigenvalue weighted by Crippen LogP contribution is 2.16. The summed E-state index contributed by atoms with van der Waals surface area (Å²) in [6.45, 7) is 4.91. The SMILES string of the molecule is Cc1ccccc1C(=O)N1CCN(Cc2nnnn2-c2ccc(F)c(F)c2)CC1. The number of rotatable bonds is 4. The molecule has 0 aliphatic carbocycles. The number of halogens is 2. The first kappa shape index (κ1) is 19.1. The van der Waals surface area contributed by atoms with E-state index < -0.39 is 11.6 Å². The monoisotopic (exact) mass is 398 g/mol. The van der Waals surface area contributed by atoms with Gasteiger partial charge in [0.1, 0.15) is 0 Å². The molecule has 0 unspecified atom stereocenters. The molecule has 3 aromatic rings. The van der Waals surface area contributed by atoms with Crippen molar-refractivity contribution in [1.82, 2.24) is 30.0 Å². The van der Waals surface area contributed by atoms with Gasteiger partial charge in [-0.3, -0.25) is 9.69 Å². The van der Waals surface area contributed by atoms with E-state index in [2.05, 4.69) is 20.4 Å². The van der Waals surface area contributed by atoms with Crippen LogP contribution in [0.2, 0.25) is 0 Å². The zero-order valence-corrected chi connectivity index (χ0v) is 15.9. The molecule has 0 spiro atoms. The second-order valence-electron chi connectivity index (χ2n) is 6.99. The van der Waals surface area contributed by atoms with Crippen molar-refractivity contribution in [3.05, 3.63) is 71.1 Å². The summed E-state index contributed by atoms with van der Waals surface area (Å²) in [5, 5.41) is 11.6. The lowest BCUT2D eigenvalue weighted by atomic mass is 10.1. The second kappa shape index (κ2) is 8.04. The lowest BCUT2D eigenvalue weighted by Crippen LogP contribution is -2.48. The molecule has 0 atom stereocenters. The summed E-state index contributed by atoms with van der Waals surface area (Å²) in [6, 6.07) is 11.1. The van der Waals surface area contributed by atoms with Gasteiger partial charge in [0.15, 0.2) is 17.5 Å². The number of hydrogen-bond donors (Lipinski definition) is 0. The Morgan fingerprint density at radius 2 is 1.79 bits per heavy atom. The molecule has 1 aliphatic rings. The first-order chi connectivity index (χ1) is 14.0. The van der Waals surface area contributed by atoms with Crippen molar-refractivity contribution in [1.29, 1.82) is 0 Å². The average molecular weight is 398 g/mol. The van der Waals surface area contributed by atoms with E-state index in [4.69, 9.17) is 0 Å². The number of aryl methyl sites for hydroxylation is 1. The molecular weight excluding hydrogens is 378 g/mol. The molecule has 9 heteroatoms. The highest BCUT2D eigenvalue weighted by Gasteiger charge is 2.24. The summed E-state index contributed by atoms with van der Waals surface area (Å²) in [5.41, 5.74) is 2.05. The largest absolute Gasteiger partial charge is 0.336 e. The van der Waals surface area contributed by atoms with Crippen molar-refractivity contribution in [2.75, 3.05) is 26.2 Å². The molecule has 0 bridgehead atoms. The van der Waals surface area contributed by atoms with Crippen LogP contribution in [0.25, 0.3) is 5.69 Å². The molecule has 1 amide bonds. The number of carbonyl (C=O) groups is 1. The van der Waals surface area contributed by atoms with Crippen LogP contribution >= 0.6 is 0 Å². The van der Waals surface area contributed by atoms with Crippen molar-refractivity contribution < 1.29 is 13.6 Å². The third-order valence-corrected chi connectivity index (χ3v) is 5.08. The van der Waals surface area contributed by atoms with E-state index in [-0.39, 0.29) is 5.91 Å². The van der Waals surface area contributed by atoms with Crippen LogP contribution in [-0.2, 0) is 6.54 Å². The number of carbonyl (C=O) groups excluding carboxylic acids is 1. The number of nitrogens with zero attached hydrogens (tertiary/aromatic N) is 6. The van der Waals surface area contributed by atoms with Gasteiger partial charge in [-0.2, -0.15) is 4.68 Å². The van der Waals surface area contributed by atoms with E-state index in [1.165, 1.54) is 10.7 Å². The Balaban J connectivity index is 1.41. The van der Waals surface area contributed by atoms with Gasteiger partial charge in [0.05, 0.1) is 12.2 Å². The molecule has 2 heterocycles. The maximum absolute atomic E-state index is 13.5. The smallest absolute Gasteiger partial charge is 0.254 e. The fourth-order valence-corrected chi connectivity index (χ4v) is 3.41. The van der Waals surface area contributed by atoms with Crippen molar-refractivity contribution in [2.24, 2.45) is 0 Å². The Labute approximate surface area is 166 Å². The fourth-order valence-electron chi connectivity index (χ4n) is 3.41. The lowest BCUT2D eigenvalue weighted by molar-refractivity contribution is 0.0624. The van der Waals surface area contributed by atoms with E-state index in [0.717, 1.165) is 23.3 Å². The Kier molecular flexibility index (Phi) is 5.30. The van der Waals surface area contributed by atoms with Crippen molar-refractivity contribution in [2.45, 2.75) is 13.5 Å². The molecule has 4 rings (SSSR count). The number of hydrogen-bond acceptors (Lipinski definition) is 5. The van der Waals surface area contributed by atoms with Gasteiger partial charge in [0, 0.05) is 37.8 Å². The van der Waals surface area contributed by atoms with E-state index in [0.29, 0.717) is 44.2 Å². The fraction of sp³-hybridized carbons (Fsp3) is 0.300. The molecule has 29 heavy (non-hydrogen) atoms. The van der Waals surface area contributed by atoms with E-state index >= 15 is 0 Å². The van der Waals surface area contributed by atoms with Crippen LogP contribution < -0.4 is 0 Å². The van der Waals surface area contributed by atoms with Crippen molar-refractivity contribution >= 4 is 5.91 Å². The van der Waals surface area contributed by atoms with Gasteiger partial charge in [-0.15, -0.1) is 5.10 Å². The maximum atomic E-state index is 13.5. The standard InChI is InChI=1S/C20H20F2N6O/c1-14-4-2-3-5-16(14)20(29)27-10-8-26(9-11-27)13-19-23-24-25-28(19)15-6-7-17(21)18(22)12-15/h2-7,12H,8-11,13H2,1H3. The Morgan fingerprint density at radius 3 is 2.52 bits per heavy atom. The van der Waals surface area contributed by atoms with Crippen molar-refractivity contribution in [3.8, 4) is 5.69 Å². The number of tetrazole rings is 1. The first-order valence-electron chi connectivity index (χ1n) is 9.33. The molecule has 1 saturated heterocycles. The quantitative estimate of drug-likeness (QED) is 0.674. The van der Waals surface area contributed by atoms with Crippen LogP contribution in [0.5, 0.6) is 0 Å². The molecule has 0 N–H and O–H groups in total. The zero-order valence-electron chi connectivity index (χ0n) is 15.9. The summed E-state index contributed by atoms with van der Waals surface area (Å²) in [6.07, 6.45) is 0. The van der Waals surface area contributed by atoms with Crippen LogP contribution in [0.1, 0.15) is 21.7 Å². The molecule has 0 radical (unpaired) electrons. The van der Waals surface area contributed by atoms with Gasteiger partial charge in [-0.1, -0.05) is 18.2 Å². The van der Waals surface area contributed by atoms with Gasteiger partial charge in [0.2, 0.25) is 0 Å². The minimum Gasteiger partial charge on any atom is -0.336 e. The van der Waals surface area contributed by atoms with E-state index in [1.807, 2.05) is 36.1 Å². The third kappa shape index (κ3) is 4.00. The summed E-state index contributed by atoms with van der Waals surface area (Å²) >= 11 is 0. The van der Waals surface area contributed by atoms with Gasteiger partial charge in [-0.05, 0) is 41.1 Å². The van der Waals surface area contributed by atoms with Crippen LogP contribution in [0.3, 0.4) is 0 Å². The molecule has 7 nitrogen and oxygen atoms in total. The van der Waals surface area contributed by atoms with Crippen molar-refractivity contribution in [3.63, 3.8) is 0 Å². The molecular formula is C20H20F2N6O. The van der Waals surface area contributed by atoms with Crippen LogP contribution in [0, 0.1) is 18.6 Å². The van der Waals surface area contributed by atoms with Crippen LogP contribution in [-0.4, -0.2) is 62.1 Å². The van der Waals surface area contributed by atoms with Gasteiger partial charge < -0.3 is 4.90 Å². The minimum absolute atomic E-state index is 0.0365. The Hall–Kier alpha value is -3.20. The third-order valence-electron chi connectivity index (χ3n) is 5.08. The molecule has 2 aromatic carbocycles. The highest BCUT2D eigenvalue weighted by atomic mass is 19.2. The van der Waals surface area contributed by atoms with E-state index in [1.54, 1.807) is 0 Å². The lowest BCUT2D eigenvalue weighted by Gasteiger charge is -2.34. The van der Waals surface area contributed by atoms with Gasteiger partial charge in [0.25, 0.3) is 5.91 Å². The average Bonchev–Trinajstić information content (AvgIpc) is 3.18. The van der Waals surface area contributed by atoms with Gasteiger partial charge >= 0.3 is 0 Å². The first-order valence-corrected chi connectivity index (χ1v) is 9.33. The molecule has 0 saturated carbocycles. The normalized spacial score (nSPS) is 14.9. The zero-order chi connectivity index (χ0) is 20.4. The Bertz CT molecular complexity index is 1030. The van der Waals surface area contributed by atoms with Crippen LogP contribution in [0.15, 0.2) is 42.5 Å². The Morgan fingerprint density at radius 1 is 1.03 bits per heavy atom. The second-order valence-corrected chi connectivity index (χ2v) is 6.99.